The molecular formula is C28H59N5O. The predicted molar refractivity (Wildman–Crippen MR) is 148 cm³/mol. The molecule has 1 aliphatic rings. The molecule has 0 atom stereocenters. The zero-order valence-electron chi connectivity index (χ0n) is 22.7. The molecule has 0 aromatic carbocycles. The summed E-state index contributed by atoms with van der Waals surface area (Å²) in [6.45, 7) is 11.3. The second-order valence-electron chi connectivity index (χ2n) is 10.2. The molecule has 1 fully saturated rings. The first-order chi connectivity index (χ1) is 16.8. The van der Waals surface area contributed by atoms with Crippen LogP contribution in [0.15, 0.2) is 0 Å². The van der Waals surface area contributed by atoms with Gasteiger partial charge in [0.05, 0.1) is 6.54 Å². The second-order valence-corrected chi connectivity index (χ2v) is 10.2. The Hall–Kier alpha value is -0.690. The minimum atomic E-state index is 0.176. The van der Waals surface area contributed by atoms with Crippen LogP contribution in [-0.4, -0.2) is 76.3 Å². The molecule has 1 heterocycles. The minimum absolute atomic E-state index is 0.176. The summed E-state index contributed by atoms with van der Waals surface area (Å²) in [6, 6.07) is 0. The fraction of sp³-hybridized carbons (Fsp3) is 0.964. The molecule has 6 heteroatoms. The number of nitrogens with zero attached hydrogens (tertiary/aromatic N) is 1. The number of unbranched alkanes of at least 4 members (excludes halogenated alkanes) is 15. The van der Waals surface area contributed by atoms with E-state index in [4.69, 9.17) is 0 Å². The SMILES string of the molecule is CCCCCCCCCCCCCCCCCCNC(=O)CN1CCNCCNCCNCC1. The summed E-state index contributed by atoms with van der Waals surface area (Å²) < 4.78 is 0. The van der Waals surface area contributed by atoms with Crippen molar-refractivity contribution in [1.82, 2.24) is 26.2 Å². The van der Waals surface area contributed by atoms with Crippen LogP contribution in [0.4, 0.5) is 0 Å². The van der Waals surface area contributed by atoms with Crippen LogP contribution in [0, 0.1) is 0 Å². The van der Waals surface area contributed by atoms with Gasteiger partial charge in [0.25, 0.3) is 0 Å². The Kier molecular flexibility index (Phi) is 23.4. The molecule has 1 aliphatic heterocycles. The van der Waals surface area contributed by atoms with Crippen molar-refractivity contribution in [1.29, 1.82) is 0 Å². The van der Waals surface area contributed by atoms with E-state index in [1.54, 1.807) is 0 Å². The first-order valence-corrected chi connectivity index (χ1v) is 14.9. The van der Waals surface area contributed by atoms with Gasteiger partial charge in [0.2, 0.25) is 5.91 Å². The van der Waals surface area contributed by atoms with Crippen LogP contribution in [0.1, 0.15) is 110 Å². The highest BCUT2D eigenvalue weighted by Crippen LogP contribution is 2.13. The molecule has 202 valence electrons. The molecule has 4 N–H and O–H groups in total. The van der Waals surface area contributed by atoms with Crippen LogP contribution < -0.4 is 21.3 Å². The third-order valence-corrected chi connectivity index (χ3v) is 6.89. The molecule has 0 bridgehead atoms. The van der Waals surface area contributed by atoms with E-state index in [9.17, 15) is 4.79 Å². The number of rotatable bonds is 19. The van der Waals surface area contributed by atoms with Crippen molar-refractivity contribution in [2.75, 3.05) is 65.4 Å². The number of carbonyl (C=O) groups excluding carboxylic acids is 1. The molecule has 1 saturated heterocycles. The van der Waals surface area contributed by atoms with Crippen molar-refractivity contribution < 1.29 is 4.79 Å². The van der Waals surface area contributed by atoms with E-state index < -0.39 is 0 Å². The molecule has 0 saturated carbocycles. The smallest absolute Gasteiger partial charge is 0.234 e. The summed E-state index contributed by atoms with van der Waals surface area (Å²) in [4.78, 5) is 14.6. The van der Waals surface area contributed by atoms with E-state index >= 15 is 0 Å². The van der Waals surface area contributed by atoms with E-state index in [0.29, 0.717) is 6.54 Å². The number of nitrogens with one attached hydrogen (secondary N) is 4. The predicted octanol–water partition coefficient (Wildman–Crippen LogP) is 4.45. The van der Waals surface area contributed by atoms with Crippen LogP contribution in [0.3, 0.4) is 0 Å². The lowest BCUT2D eigenvalue weighted by Gasteiger charge is -2.23. The molecule has 34 heavy (non-hydrogen) atoms. The van der Waals surface area contributed by atoms with Crippen molar-refractivity contribution in [2.24, 2.45) is 0 Å². The van der Waals surface area contributed by atoms with Gasteiger partial charge in [-0.25, -0.2) is 0 Å². The Morgan fingerprint density at radius 2 is 0.971 bits per heavy atom. The number of carbonyl (C=O) groups is 1. The monoisotopic (exact) mass is 481 g/mol. The summed E-state index contributed by atoms with van der Waals surface area (Å²) in [5, 5.41) is 13.4. The van der Waals surface area contributed by atoms with Gasteiger partial charge in [-0.2, -0.15) is 0 Å². The van der Waals surface area contributed by atoms with Crippen molar-refractivity contribution in [3.8, 4) is 0 Å². The first-order valence-electron chi connectivity index (χ1n) is 14.9. The Morgan fingerprint density at radius 3 is 1.41 bits per heavy atom. The van der Waals surface area contributed by atoms with Gasteiger partial charge in [0, 0.05) is 58.9 Å². The summed E-state index contributed by atoms with van der Waals surface area (Å²) in [7, 11) is 0. The summed E-state index contributed by atoms with van der Waals surface area (Å²) in [5.41, 5.74) is 0. The van der Waals surface area contributed by atoms with E-state index in [2.05, 4.69) is 33.1 Å². The van der Waals surface area contributed by atoms with E-state index in [1.165, 1.54) is 96.3 Å². The summed E-state index contributed by atoms with van der Waals surface area (Å²) >= 11 is 0. The normalized spacial score (nSPS) is 16.6. The topological polar surface area (TPSA) is 68.4 Å². The third kappa shape index (κ3) is 21.8. The number of hydrogen-bond donors (Lipinski definition) is 4. The fourth-order valence-corrected chi connectivity index (χ4v) is 4.63. The zero-order chi connectivity index (χ0) is 24.4. The number of hydrogen-bond acceptors (Lipinski definition) is 5. The maximum atomic E-state index is 12.3. The molecule has 0 aliphatic carbocycles. The largest absolute Gasteiger partial charge is 0.355 e. The van der Waals surface area contributed by atoms with Crippen molar-refractivity contribution in [3.63, 3.8) is 0 Å². The molecule has 6 nitrogen and oxygen atoms in total. The Morgan fingerprint density at radius 1 is 0.588 bits per heavy atom. The van der Waals surface area contributed by atoms with Crippen molar-refractivity contribution >= 4 is 5.91 Å². The summed E-state index contributed by atoms with van der Waals surface area (Å²) in [5.74, 6) is 0.176. The Bertz CT molecular complexity index is 423. The van der Waals surface area contributed by atoms with Crippen molar-refractivity contribution in [2.45, 2.75) is 110 Å². The van der Waals surface area contributed by atoms with E-state index in [-0.39, 0.29) is 5.91 Å². The highest BCUT2D eigenvalue weighted by Gasteiger charge is 2.10. The van der Waals surface area contributed by atoms with Crippen molar-refractivity contribution in [3.05, 3.63) is 0 Å². The molecular weight excluding hydrogens is 422 g/mol. The van der Waals surface area contributed by atoms with Crippen LogP contribution in [0.2, 0.25) is 0 Å². The van der Waals surface area contributed by atoms with Crippen LogP contribution in [-0.2, 0) is 4.79 Å². The number of amides is 1. The van der Waals surface area contributed by atoms with Gasteiger partial charge in [-0.1, -0.05) is 103 Å². The van der Waals surface area contributed by atoms with Gasteiger partial charge in [-0.3, -0.25) is 9.69 Å². The maximum absolute atomic E-state index is 12.3. The molecule has 0 aromatic rings. The lowest BCUT2D eigenvalue weighted by Crippen LogP contribution is -2.45. The summed E-state index contributed by atoms with van der Waals surface area (Å²) in [6.07, 6.45) is 22.1. The quantitative estimate of drug-likeness (QED) is 0.205. The maximum Gasteiger partial charge on any atom is 0.234 e. The fourth-order valence-electron chi connectivity index (χ4n) is 4.63. The molecule has 1 rings (SSSR count). The van der Waals surface area contributed by atoms with E-state index in [0.717, 1.165) is 65.3 Å². The first kappa shape index (κ1) is 31.3. The zero-order valence-corrected chi connectivity index (χ0v) is 22.7. The van der Waals surface area contributed by atoms with Crippen LogP contribution >= 0.6 is 0 Å². The molecule has 0 spiro atoms. The molecule has 1 amide bonds. The van der Waals surface area contributed by atoms with E-state index in [1.807, 2.05) is 0 Å². The Labute approximate surface area is 212 Å². The van der Waals surface area contributed by atoms with Gasteiger partial charge >= 0.3 is 0 Å². The average molecular weight is 482 g/mol. The van der Waals surface area contributed by atoms with Gasteiger partial charge < -0.3 is 21.3 Å². The minimum Gasteiger partial charge on any atom is -0.355 e. The standard InChI is InChI=1S/C28H59N5O/c1-2-3-4-5-6-7-8-9-10-11-12-13-14-15-16-17-18-32-28(34)27-33-25-23-30-21-19-29-20-22-31-24-26-33/h29-31H,2-27H2,1H3,(H,32,34). The van der Waals surface area contributed by atoms with Crippen LogP contribution in [0.5, 0.6) is 0 Å². The lowest BCUT2D eigenvalue weighted by molar-refractivity contribution is -0.122. The second kappa shape index (κ2) is 25.4. The highest BCUT2D eigenvalue weighted by molar-refractivity contribution is 5.77. The van der Waals surface area contributed by atoms with Crippen LogP contribution in [0.25, 0.3) is 0 Å². The third-order valence-electron chi connectivity index (χ3n) is 6.89. The average Bonchev–Trinajstić information content (AvgIpc) is 2.83. The van der Waals surface area contributed by atoms with Gasteiger partial charge in [-0.05, 0) is 6.42 Å². The molecule has 0 unspecified atom stereocenters. The molecule has 0 aromatic heterocycles. The Balaban J connectivity index is 1.86. The highest BCUT2D eigenvalue weighted by atomic mass is 16.2. The lowest BCUT2D eigenvalue weighted by atomic mass is 10.0. The van der Waals surface area contributed by atoms with Gasteiger partial charge in [0.1, 0.15) is 0 Å². The van der Waals surface area contributed by atoms with Gasteiger partial charge in [-0.15, -0.1) is 0 Å². The molecule has 0 radical (unpaired) electrons. The van der Waals surface area contributed by atoms with Gasteiger partial charge in [0.15, 0.2) is 0 Å².